The van der Waals surface area contributed by atoms with Crippen LogP contribution in [0.4, 0.5) is 0 Å². The number of hydrogen-bond donors (Lipinski definition) is 2. The lowest BCUT2D eigenvalue weighted by Crippen LogP contribution is -2.36. The lowest BCUT2D eigenvalue weighted by atomic mass is 9.87. The number of carbonyl (C=O) groups excluding carboxylic acids is 1. The van der Waals surface area contributed by atoms with Gasteiger partial charge in [-0.15, -0.1) is 0 Å². The number of amides is 1. The fraction of sp³-hybridized carbons (Fsp3) is 0.923. The Bertz CT molecular complexity index is 206. The molecule has 16 heavy (non-hydrogen) atoms. The van der Waals surface area contributed by atoms with Gasteiger partial charge in [0.2, 0.25) is 5.91 Å². The van der Waals surface area contributed by atoms with Crippen molar-refractivity contribution < 1.29 is 4.79 Å². The van der Waals surface area contributed by atoms with Crippen molar-refractivity contribution in [3.05, 3.63) is 0 Å². The van der Waals surface area contributed by atoms with Crippen molar-refractivity contribution >= 4 is 5.91 Å². The van der Waals surface area contributed by atoms with Crippen LogP contribution in [0.3, 0.4) is 0 Å². The van der Waals surface area contributed by atoms with Gasteiger partial charge in [-0.2, -0.15) is 0 Å². The van der Waals surface area contributed by atoms with Gasteiger partial charge in [-0.25, -0.2) is 0 Å². The first-order valence-electron chi connectivity index (χ1n) is 6.72. The van der Waals surface area contributed by atoms with E-state index in [-0.39, 0.29) is 5.91 Å². The monoisotopic (exact) mass is 226 g/mol. The van der Waals surface area contributed by atoms with Crippen molar-refractivity contribution in [2.75, 3.05) is 13.1 Å². The highest BCUT2D eigenvalue weighted by Gasteiger charge is 2.17. The van der Waals surface area contributed by atoms with Crippen LogP contribution >= 0.6 is 0 Å². The zero-order chi connectivity index (χ0) is 11.8. The topological polar surface area (TPSA) is 41.1 Å². The summed E-state index contributed by atoms with van der Waals surface area (Å²) in [4.78, 5) is 11.4. The average molecular weight is 226 g/mol. The fourth-order valence-corrected chi connectivity index (χ4v) is 2.36. The molecule has 1 rings (SSSR count). The summed E-state index contributed by atoms with van der Waals surface area (Å²) in [6, 6.07) is 0.641. The van der Waals surface area contributed by atoms with Gasteiger partial charge in [0, 0.05) is 25.6 Å². The molecule has 0 aromatic carbocycles. The number of carbonyl (C=O) groups is 1. The molecule has 3 heteroatoms. The molecule has 0 aliphatic heterocycles. The van der Waals surface area contributed by atoms with Crippen LogP contribution in [0.2, 0.25) is 0 Å². The van der Waals surface area contributed by atoms with Crippen LogP contribution < -0.4 is 10.6 Å². The third-order valence-electron chi connectivity index (χ3n) is 3.29. The normalized spacial score (nSPS) is 25.4. The van der Waals surface area contributed by atoms with E-state index in [2.05, 4.69) is 24.5 Å². The maximum Gasteiger partial charge on any atom is 0.221 e. The van der Waals surface area contributed by atoms with Crippen LogP contribution in [0.25, 0.3) is 0 Å². The second-order valence-electron chi connectivity index (χ2n) is 5.02. The molecular weight excluding hydrogens is 200 g/mol. The van der Waals surface area contributed by atoms with E-state index >= 15 is 0 Å². The van der Waals surface area contributed by atoms with Crippen molar-refractivity contribution in [1.82, 2.24) is 10.6 Å². The minimum atomic E-state index is 0.179. The molecule has 0 heterocycles. The van der Waals surface area contributed by atoms with Crippen LogP contribution in [-0.4, -0.2) is 25.0 Å². The molecule has 94 valence electrons. The predicted octanol–water partition coefficient (Wildman–Crippen LogP) is 2.07. The molecule has 1 fully saturated rings. The summed E-state index contributed by atoms with van der Waals surface area (Å²) in [5.41, 5.74) is 0. The summed E-state index contributed by atoms with van der Waals surface area (Å²) >= 11 is 0. The molecule has 0 saturated heterocycles. The van der Waals surface area contributed by atoms with Crippen molar-refractivity contribution in [2.24, 2.45) is 5.92 Å². The van der Waals surface area contributed by atoms with E-state index < -0.39 is 0 Å². The Morgan fingerprint density at radius 3 is 2.81 bits per heavy atom. The summed E-state index contributed by atoms with van der Waals surface area (Å²) in [7, 11) is 0. The number of rotatable bonds is 6. The van der Waals surface area contributed by atoms with Gasteiger partial charge in [0.1, 0.15) is 0 Å². The van der Waals surface area contributed by atoms with Gasteiger partial charge in [0.25, 0.3) is 0 Å². The molecule has 1 amide bonds. The summed E-state index contributed by atoms with van der Waals surface area (Å²) in [5, 5.41) is 6.40. The highest BCUT2D eigenvalue weighted by molar-refractivity contribution is 5.75. The van der Waals surface area contributed by atoms with E-state index in [4.69, 9.17) is 0 Å². The third kappa shape index (κ3) is 5.50. The molecule has 2 atom stereocenters. The molecule has 1 saturated carbocycles. The summed E-state index contributed by atoms with van der Waals surface area (Å²) in [6.07, 6.45) is 6.89. The van der Waals surface area contributed by atoms with Gasteiger partial charge in [-0.05, 0) is 25.2 Å². The molecule has 2 N–H and O–H groups in total. The average Bonchev–Trinajstić information content (AvgIpc) is 2.26. The van der Waals surface area contributed by atoms with E-state index in [1.54, 1.807) is 0 Å². The maximum atomic E-state index is 11.4. The minimum Gasteiger partial charge on any atom is -0.356 e. The van der Waals surface area contributed by atoms with Crippen LogP contribution in [0.5, 0.6) is 0 Å². The molecule has 0 bridgehead atoms. The second kappa shape index (κ2) is 7.66. The van der Waals surface area contributed by atoms with E-state index in [9.17, 15) is 4.79 Å². The SMILES string of the molecule is CCCNC(=O)CCNC1CCCC(C)C1. The predicted molar refractivity (Wildman–Crippen MR) is 67.3 cm³/mol. The molecule has 2 unspecified atom stereocenters. The Hall–Kier alpha value is -0.570. The zero-order valence-electron chi connectivity index (χ0n) is 10.7. The Labute approximate surface area is 99.4 Å². The van der Waals surface area contributed by atoms with Crippen molar-refractivity contribution in [2.45, 2.75) is 58.4 Å². The highest BCUT2D eigenvalue weighted by atomic mass is 16.1. The van der Waals surface area contributed by atoms with E-state index in [0.717, 1.165) is 25.4 Å². The number of nitrogens with one attached hydrogen (secondary N) is 2. The first-order chi connectivity index (χ1) is 7.72. The summed E-state index contributed by atoms with van der Waals surface area (Å²) in [6.45, 7) is 6.02. The summed E-state index contributed by atoms with van der Waals surface area (Å²) in [5.74, 6) is 1.03. The Morgan fingerprint density at radius 1 is 1.31 bits per heavy atom. The van der Waals surface area contributed by atoms with Crippen LogP contribution in [-0.2, 0) is 4.79 Å². The first-order valence-corrected chi connectivity index (χ1v) is 6.72. The quantitative estimate of drug-likeness (QED) is 0.728. The standard InChI is InChI=1S/C13H26N2O/c1-3-8-15-13(16)7-9-14-12-6-4-5-11(2)10-12/h11-12,14H,3-10H2,1-2H3,(H,15,16). The number of hydrogen-bond acceptors (Lipinski definition) is 2. The van der Waals surface area contributed by atoms with E-state index in [1.165, 1.54) is 25.7 Å². The highest BCUT2D eigenvalue weighted by Crippen LogP contribution is 2.23. The second-order valence-corrected chi connectivity index (χ2v) is 5.02. The van der Waals surface area contributed by atoms with Gasteiger partial charge in [-0.1, -0.05) is 26.7 Å². The first kappa shape index (κ1) is 13.5. The van der Waals surface area contributed by atoms with E-state index in [0.29, 0.717) is 12.5 Å². The van der Waals surface area contributed by atoms with Crippen molar-refractivity contribution in [1.29, 1.82) is 0 Å². The van der Waals surface area contributed by atoms with E-state index in [1.807, 2.05) is 0 Å². The fourth-order valence-electron chi connectivity index (χ4n) is 2.36. The maximum absolute atomic E-state index is 11.4. The van der Waals surface area contributed by atoms with Gasteiger partial charge < -0.3 is 10.6 Å². The molecule has 0 radical (unpaired) electrons. The van der Waals surface area contributed by atoms with Crippen molar-refractivity contribution in [3.8, 4) is 0 Å². The molecule has 1 aliphatic rings. The zero-order valence-corrected chi connectivity index (χ0v) is 10.7. The Morgan fingerprint density at radius 2 is 2.12 bits per heavy atom. The molecule has 1 aliphatic carbocycles. The lowest BCUT2D eigenvalue weighted by molar-refractivity contribution is -0.121. The Balaban J connectivity index is 2.03. The molecule has 0 spiro atoms. The molecule has 3 nitrogen and oxygen atoms in total. The van der Waals surface area contributed by atoms with Crippen LogP contribution in [0.1, 0.15) is 52.4 Å². The van der Waals surface area contributed by atoms with Crippen LogP contribution in [0.15, 0.2) is 0 Å². The molecule has 0 aromatic rings. The minimum absolute atomic E-state index is 0.179. The van der Waals surface area contributed by atoms with Gasteiger partial charge in [0.15, 0.2) is 0 Å². The lowest BCUT2D eigenvalue weighted by Gasteiger charge is -2.27. The Kier molecular flexibility index (Phi) is 6.46. The molecular formula is C13H26N2O. The molecule has 0 aromatic heterocycles. The van der Waals surface area contributed by atoms with Crippen LogP contribution in [0, 0.1) is 5.92 Å². The van der Waals surface area contributed by atoms with Crippen molar-refractivity contribution in [3.63, 3.8) is 0 Å². The third-order valence-corrected chi connectivity index (χ3v) is 3.29. The van der Waals surface area contributed by atoms with Gasteiger partial charge >= 0.3 is 0 Å². The largest absolute Gasteiger partial charge is 0.356 e. The summed E-state index contributed by atoms with van der Waals surface area (Å²) < 4.78 is 0. The van der Waals surface area contributed by atoms with Gasteiger partial charge in [0.05, 0.1) is 0 Å². The van der Waals surface area contributed by atoms with Gasteiger partial charge in [-0.3, -0.25) is 4.79 Å². The smallest absolute Gasteiger partial charge is 0.221 e.